The molecule has 1 heterocycles. The van der Waals surface area contributed by atoms with Crippen LogP contribution in [0.1, 0.15) is 19.5 Å². The van der Waals surface area contributed by atoms with Crippen LogP contribution in [0.15, 0.2) is 34.5 Å². The normalized spacial score (nSPS) is 9.64. The molecule has 0 spiro atoms. The molecule has 0 unspecified atom stereocenters. The van der Waals surface area contributed by atoms with Gasteiger partial charge >= 0.3 is 0 Å². The third-order valence-electron chi connectivity index (χ3n) is 1.59. The molecule has 1 aromatic rings. The number of nitrogens with zero attached hydrogens (tertiary/aromatic N) is 1. The van der Waals surface area contributed by atoms with Crippen LogP contribution in [0.5, 0.6) is 0 Å². The topological polar surface area (TPSA) is 30.0 Å². The lowest BCUT2D eigenvalue weighted by atomic mass is 10.1. The van der Waals surface area contributed by atoms with Crippen LogP contribution in [-0.4, -0.2) is 10.8 Å². The van der Waals surface area contributed by atoms with Gasteiger partial charge < -0.3 is 0 Å². The molecule has 0 radical (unpaired) electrons. The lowest BCUT2D eigenvalue weighted by Crippen LogP contribution is -2.00. The predicted octanol–water partition coefficient (Wildman–Crippen LogP) is 2.92. The summed E-state index contributed by atoms with van der Waals surface area (Å²) in [6.07, 6.45) is 3.72. The molecule has 0 bridgehead atoms. The lowest BCUT2D eigenvalue weighted by Gasteiger charge is -1.97. The fourth-order valence-corrected chi connectivity index (χ4v) is 1.30. The smallest absolute Gasteiger partial charge is 0.161 e. The van der Waals surface area contributed by atoms with Crippen molar-refractivity contribution in [3.05, 3.63) is 40.1 Å². The molecule has 1 aromatic heterocycles. The summed E-state index contributed by atoms with van der Waals surface area (Å²) in [5.74, 6) is 0.0971. The summed E-state index contributed by atoms with van der Waals surface area (Å²) in [4.78, 5) is 15.5. The van der Waals surface area contributed by atoms with Crippen LogP contribution in [0.25, 0.3) is 0 Å². The van der Waals surface area contributed by atoms with Gasteiger partial charge in [-0.25, -0.2) is 0 Å². The highest BCUT2D eigenvalue weighted by atomic mass is 79.9. The van der Waals surface area contributed by atoms with Crippen molar-refractivity contribution in [2.45, 2.75) is 20.3 Å². The molecule has 0 N–H and O–H groups in total. The summed E-state index contributed by atoms with van der Waals surface area (Å²) in [6.45, 7) is 3.82. The van der Waals surface area contributed by atoms with E-state index < -0.39 is 0 Å². The molecular formula is C11H12BrNO. The highest BCUT2D eigenvalue weighted by Crippen LogP contribution is 2.08. The molecule has 0 aliphatic rings. The second-order valence-electron chi connectivity index (χ2n) is 3.33. The van der Waals surface area contributed by atoms with Crippen molar-refractivity contribution in [3.63, 3.8) is 0 Å². The fraction of sp³-hybridized carbons (Fsp3) is 0.273. The van der Waals surface area contributed by atoms with Crippen LogP contribution in [0, 0.1) is 0 Å². The Balaban J connectivity index is 2.66. The number of aromatic nitrogens is 1. The van der Waals surface area contributed by atoms with E-state index in [0.29, 0.717) is 6.42 Å². The van der Waals surface area contributed by atoms with Crippen molar-refractivity contribution in [1.82, 2.24) is 4.98 Å². The monoisotopic (exact) mass is 253 g/mol. The van der Waals surface area contributed by atoms with E-state index in [1.807, 2.05) is 26.0 Å². The van der Waals surface area contributed by atoms with Gasteiger partial charge in [0.2, 0.25) is 0 Å². The first-order valence-electron chi connectivity index (χ1n) is 4.36. The van der Waals surface area contributed by atoms with Gasteiger partial charge in [-0.2, -0.15) is 0 Å². The number of rotatable bonds is 3. The van der Waals surface area contributed by atoms with Gasteiger partial charge in [-0.05, 0) is 48.0 Å². The lowest BCUT2D eigenvalue weighted by molar-refractivity contribution is -0.114. The Bertz CT molecular complexity index is 350. The van der Waals surface area contributed by atoms with Crippen LogP contribution in [0.2, 0.25) is 0 Å². The summed E-state index contributed by atoms with van der Waals surface area (Å²) in [6, 6.07) is 3.74. The number of pyridine rings is 1. The molecule has 0 saturated heterocycles. The highest BCUT2D eigenvalue weighted by molar-refractivity contribution is 9.10. The standard InChI is InChI=1S/C11H12BrNO/c1-8(2)5-11(14)6-10-4-3-9(12)7-13-10/h3-5,7H,6H2,1-2H3. The summed E-state index contributed by atoms with van der Waals surface area (Å²) in [5, 5.41) is 0. The van der Waals surface area contributed by atoms with Crippen molar-refractivity contribution >= 4 is 21.7 Å². The molecule has 0 aromatic carbocycles. The number of halogens is 1. The Labute approximate surface area is 92.2 Å². The van der Waals surface area contributed by atoms with Gasteiger partial charge in [0.25, 0.3) is 0 Å². The van der Waals surface area contributed by atoms with Gasteiger partial charge in [0.05, 0.1) is 6.42 Å². The zero-order valence-electron chi connectivity index (χ0n) is 8.25. The molecule has 0 aliphatic heterocycles. The van der Waals surface area contributed by atoms with Crippen LogP contribution in [-0.2, 0) is 11.2 Å². The number of hydrogen-bond donors (Lipinski definition) is 0. The van der Waals surface area contributed by atoms with Gasteiger partial charge in [-0.15, -0.1) is 0 Å². The Morgan fingerprint density at radius 1 is 1.50 bits per heavy atom. The summed E-state index contributed by atoms with van der Waals surface area (Å²) in [5.41, 5.74) is 1.82. The minimum Gasteiger partial charge on any atom is -0.294 e. The minimum atomic E-state index is 0.0971. The maximum atomic E-state index is 11.4. The molecule has 3 heteroatoms. The Morgan fingerprint density at radius 2 is 2.21 bits per heavy atom. The Morgan fingerprint density at radius 3 is 2.71 bits per heavy atom. The molecule has 0 fully saturated rings. The third-order valence-corrected chi connectivity index (χ3v) is 2.06. The Kier molecular flexibility index (Phi) is 4.01. The van der Waals surface area contributed by atoms with Gasteiger partial charge in [0.1, 0.15) is 0 Å². The van der Waals surface area contributed by atoms with E-state index in [2.05, 4.69) is 20.9 Å². The quantitative estimate of drug-likeness (QED) is 0.776. The van der Waals surface area contributed by atoms with E-state index in [4.69, 9.17) is 0 Å². The van der Waals surface area contributed by atoms with E-state index in [9.17, 15) is 4.79 Å². The van der Waals surface area contributed by atoms with Gasteiger partial charge in [-0.1, -0.05) is 5.57 Å². The second-order valence-corrected chi connectivity index (χ2v) is 4.25. The molecule has 0 amide bonds. The fourth-order valence-electron chi connectivity index (χ4n) is 1.06. The summed E-state index contributed by atoms with van der Waals surface area (Å²) < 4.78 is 0.927. The first kappa shape index (κ1) is 11.1. The van der Waals surface area contributed by atoms with Crippen molar-refractivity contribution in [3.8, 4) is 0 Å². The second kappa shape index (κ2) is 5.05. The Hall–Kier alpha value is -0.960. The van der Waals surface area contributed by atoms with Crippen molar-refractivity contribution < 1.29 is 4.79 Å². The molecule has 2 nitrogen and oxygen atoms in total. The first-order chi connectivity index (χ1) is 6.58. The zero-order chi connectivity index (χ0) is 10.6. The van der Waals surface area contributed by atoms with E-state index in [1.165, 1.54) is 0 Å². The number of carbonyl (C=O) groups is 1. The molecular weight excluding hydrogens is 242 g/mol. The molecule has 74 valence electrons. The predicted molar refractivity (Wildman–Crippen MR) is 60.1 cm³/mol. The minimum absolute atomic E-state index is 0.0971. The molecule has 1 rings (SSSR count). The number of hydrogen-bond acceptors (Lipinski definition) is 2. The van der Waals surface area contributed by atoms with E-state index in [1.54, 1.807) is 12.3 Å². The van der Waals surface area contributed by atoms with Gasteiger partial charge in [0, 0.05) is 16.4 Å². The summed E-state index contributed by atoms with van der Waals surface area (Å²) >= 11 is 3.29. The largest absolute Gasteiger partial charge is 0.294 e. The average Bonchev–Trinajstić information content (AvgIpc) is 2.07. The summed E-state index contributed by atoms with van der Waals surface area (Å²) in [7, 11) is 0. The van der Waals surface area contributed by atoms with Crippen LogP contribution in [0.3, 0.4) is 0 Å². The van der Waals surface area contributed by atoms with Gasteiger partial charge in [-0.3, -0.25) is 9.78 Å². The van der Waals surface area contributed by atoms with E-state index in [-0.39, 0.29) is 5.78 Å². The van der Waals surface area contributed by atoms with Crippen molar-refractivity contribution in [2.75, 3.05) is 0 Å². The van der Waals surface area contributed by atoms with Crippen LogP contribution >= 0.6 is 15.9 Å². The molecule has 0 saturated carbocycles. The molecule has 14 heavy (non-hydrogen) atoms. The van der Waals surface area contributed by atoms with Gasteiger partial charge in [0.15, 0.2) is 5.78 Å². The van der Waals surface area contributed by atoms with Crippen molar-refractivity contribution in [2.24, 2.45) is 0 Å². The number of carbonyl (C=O) groups excluding carboxylic acids is 1. The number of allylic oxidation sites excluding steroid dienone is 2. The first-order valence-corrected chi connectivity index (χ1v) is 5.15. The third kappa shape index (κ3) is 3.83. The van der Waals surface area contributed by atoms with Crippen molar-refractivity contribution in [1.29, 1.82) is 0 Å². The van der Waals surface area contributed by atoms with E-state index >= 15 is 0 Å². The zero-order valence-corrected chi connectivity index (χ0v) is 9.84. The maximum Gasteiger partial charge on any atom is 0.161 e. The molecule has 0 aliphatic carbocycles. The van der Waals surface area contributed by atoms with Crippen LogP contribution < -0.4 is 0 Å². The van der Waals surface area contributed by atoms with E-state index in [0.717, 1.165) is 15.7 Å². The maximum absolute atomic E-state index is 11.4. The highest BCUT2D eigenvalue weighted by Gasteiger charge is 2.01. The van der Waals surface area contributed by atoms with Crippen LogP contribution in [0.4, 0.5) is 0 Å². The SMILES string of the molecule is CC(C)=CC(=O)Cc1ccc(Br)cn1. The number of ketones is 1. The average molecular weight is 254 g/mol. The molecule has 0 atom stereocenters.